The Bertz CT molecular complexity index is 1020. The minimum absolute atomic E-state index is 0.0267. The van der Waals surface area contributed by atoms with E-state index in [4.69, 9.17) is 14.2 Å². The molecule has 0 radical (unpaired) electrons. The standard InChI is InChI=1S/C21H25F3N4O6/c1-32-19-16(28-8-14(26-27-28)11-6-12(22)18(24)13(23)7-11)2-5-34-21(19,10-29)20(31)25-15-9-33-4-3-17(15)30/h6-8,15-17,19,29-30H,2-5,9-10H2,1H3,(H,25,31)/t15-,16?,17-,19?,21?/m0/s1. The predicted octanol–water partition coefficient (Wildman–Crippen LogP) is 0.336. The van der Waals surface area contributed by atoms with E-state index in [1.54, 1.807) is 0 Å². The zero-order valence-corrected chi connectivity index (χ0v) is 18.3. The van der Waals surface area contributed by atoms with Crippen LogP contribution in [-0.4, -0.2) is 88.5 Å². The average molecular weight is 486 g/mol. The Morgan fingerprint density at radius 3 is 2.68 bits per heavy atom. The lowest BCUT2D eigenvalue weighted by molar-refractivity contribution is -0.207. The molecule has 2 aromatic rings. The van der Waals surface area contributed by atoms with Gasteiger partial charge in [-0.3, -0.25) is 4.79 Å². The quantitative estimate of drug-likeness (QED) is 0.499. The van der Waals surface area contributed by atoms with Gasteiger partial charge >= 0.3 is 0 Å². The van der Waals surface area contributed by atoms with Crippen molar-refractivity contribution in [1.29, 1.82) is 0 Å². The highest BCUT2D eigenvalue weighted by atomic mass is 19.2. The number of hydrogen-bond acceptors (Lipinski definition) is 8. The van der Waals surface area contributed by atoms with Gasteiger partial charge in [0.25, 0.3) is 5.91 Å². The van der Waals surface area contributed by atoms with Gasteiger partial charge in [0.15, 0.2) is 23.1 Å². The number of rotatable bonds is 6. The third-order valence-corrected chi connectivity index (χ3v) is 6.22. The van der Waals surface area contributed by atoms with Crippen LogP contribution in [0, 0.1) is 17.5 Å². The van der Waals surface area contributed by atoms with E-state index in [-0.39, 0.29) is 24.5 Å². The van der Waals surface area contributed by atoms with Crippen LogP contribution < -0.4 is 5.32 Å². The summed E-state index contributed by atoms with van der Waals surface area (Å²) in [6, 6.07) is 0.259. The van der Waals surface area contributed by atoms with Gasteiger partial charge in [-0.15, -0.1) is 5.10 Å². The lowest BCUT2D eigenvalue weighted by Gasteiger charge is -2.45. The van der Waals surface area contributed by atoms with E-state index < -0.39 is 59.9 Å². The number of nitrogens with one attached hydrogen (secondary N) is 1. The van der Waals surface area contributed by atoms with Gasteiger partial charge in [0.1, 0.15) is 11.8 Å². The summed E-state index contributed by atoms with van der Waals surface area (Å²) in [4.78, 5) is 13.2. The topological polar surface area (TPSA) is 128 Å². The zero-order chi connectivity index (χ0) is 24.5. The van der Waals surface area contributed by atoms with E-state index in [0.717, 1.165) is 12.1 Å². The van der Waals surface area contributed by atoms with Crippen LogP contribution in [0.15, 0.2) is 18.3 Å². The molecule has 34 heavy (non-hydrogen) atoms. The van der Waals surface area contributed by atoms with E-state index in [1.165, 1.54) is 18.0 Å². The van der Waals surface area contributed by atoms with Crippen LogP contribution >= 0.6 is 0 Å². The van der Waals surface area contributed by atoms with E-state index in [2.05, 4.69) is 15.6 Å². The number of aliphatic hydroxyl groups excluding tert-OH is 2. The molecule has 4 rings (SSSR count). The fraction of sp³-hybridized carbons (Fsp3) is 0.571. The Labute approximate surface area is 192 Å². The number of nitrogens with zero attached hydrogens (tertiary/aromatic N) is 3. The molecule has 2 aliphatic heterocycles. The number of amides is 1. The van der Waals surface area contributed by atoms with Crippen molar-refractivity contribution in [2.75, 3.05) is 33.5 Å². The van der Waals surface area contributed by atoms with Crippen LogP contribution in [0.25, 0.3) is 11.3 Å². The second kappa shape index (κ2) is 9.96. The highest BCUT2D eigenvalue weighted by Gasteiger charge is 2.54. The molecule has 0 bridgehead atoms. The summed E-state index contributed by atoms with van der Waals surface area (Å²) >= 11 is 0. The van der Waals surface area contributed by atoms with Crippen molar-refractivity contribution in [2.45, 2.75) is 42.7 Å². The molecule has 1 aromatic heterocycles. The Morgan fingerprint density at radius 1 is 1.29 bits per heavy atom. The first-order valence-corrected chi connectivity index (χ1v) is 10.7. The SMILES string of the molecule is COC1C(n2cc(-c3cc(F)c(F)c(F)c3)nn2)CCOC1(CO)C(=O)N[C@H]1COCC[C@@H]1O. The number of carbonyl (C=O) groups is 1. The summed E-state index contributed by atoms with van der Waals surface area (Å²) in [7, 11) is 1.34. The van der Waals surface area contributed by atoms with Gasteiger partial charge in [-0.1, -0.05) is 5.21 Å². The van der Waals surface area contributed by atoms with Crippen molar-refractivity contribution in [3.63, 3.8) is 0 Å². The van der Waals surface area contributed by atoms with Gasteiger partial charge in [-0.25, -0.2) is 17.9 Å². The van der Waals surface area contributed by atoms with Crippen molar-refractivity contribution in [3.05, 3.63) is 35.8 Å². The largest absolute Gasteiger partial charge is 0.393 e. The van der Waals surface area contributed by atoms with Crippen molar-refractivity contribution in [1.82, 2.24) is 20.3 Å². The second-order valence-electron chi connectivity index (χ2n) is 8.26. The lowest BCUT2D eigenvalue weighted by atomic mass is 9.86. The summed E-state index contributed by atoms with van der Waals surface area (Å²) < 4.78 is 58.6. The molecule has 5 atom stereocenters. The molecular weight excluding hydrogens is 461 g/mol. The van der Waals surface area contributed by atoms with Crippen LogP contribution in [0.1, 0.15) is 18.9 Å². The third-order valence-electron chi connectivity index (χ3n) is 6.22. The van der Waals surface area contributed by atoms with E-state index in [0.29, 0.717) is 19.4 Å². The molecule has 1 amide bonds. The highest BCUT2D eigenvalue weighted by Crippen LogP contribution is 2.36. The number of aromatic nitrogens is 3. The zero-order valence-electron chi connectivity index (χ0n) is 18.3. The molecule has 2 saturated heterocycles. The molecule has 0 aliphatic carbocycles. The van der Waals surface area contributed by atoms with Crippen molar-refractivity contribution < 1.29 is 42.4 Å². The summed E-state index contributed by atoms with van der Waals surface area (Å²) in [6.07, 6.45) is 0.192. The van der Waals surface area contributed by atoms with Gasteiger partial charge < -0.3 is 29.7 Å². The molecule has 10 nitrogen and oxygen atoms in total. The molecule has 13 heteroatoms. The number of hydrogen-bond donors (Lipinski definition) is 3. The summed E-state index contributed by atoms with van der Waals surface area (Å²) in [5.41, 5.74) is -1.78. The Hall–Kier alpha value is -2.58. The molecular formula is C21H25F3N4O6. The normalized spacial score (nSPS) is 29.7. The van der Waals surface area contributed by atoms with Gasteiger partial charge in [-0.05, 0) is 25.0 Å². The number of benzene rings is 1. The van der Waals surface area contributed by atoms with E-state index >= 15 is 0 Å². The smallest absolute Gasteiger partial charge is 0.257 e. The number of halogens is 3. The second-order valence-corrected chi connectivity index (χ2v) is 8.26. The van der Waals surface area contributed by atoms with Crippen LogP contribution in [-0.2, 0) is 19.0 Å². The fourth-order valence-corrected chi connectivity index (χ4v) is 4.36. The molecule has 3 N–H and O–H groups in total. The number of aliphatic hydroxyl groups is 2. The van der Waals surface area contributed by atoms with Crippen molar-refractivity contribution >= 4 is 5.91 Å². The van der Waals surface area contributed by atoms with E-state index in [9.17, 15) is 28.2 Å². The first-order valence-electron chi connectivity index (χ1n) is 10.7. The summed E-state index contributed by atoms with van der Waals surface area (Å²) in [5.74, 6) is -5.01. The Balaban J connectivity index is 1.60. The Kier molecular flexibility index (Phi) is 7.19. The monoisotopic (exact) mass is 486 g/mol. The molecule has 2 fully saturated rings. The number of methoxy groups -OCH3 is 1. The van der Waals surface area contributed by atoms with Crippen molar-refractivity contribution in [2.24, 2.45) is 0 Å². The molecule has 3 unspecified atom stereocenters. The molecule has 3 heterocycles. The maximum absolute atomic E-state index is 13.7. The van der Waals surface area contributed by atoms with Crippen LogP contribution in [0.3, 0.4) is 0 Å². The van der Waals surface area contributed by atoms with Gasteiger partial charge in [0.05, 0.1) is 44.2 Å². The minimum atomic E-state index is -1.82. The van der Waals surface area contributed by atoms with Gasteiger partial charge in [0.2, 0.25) is 0 Å². The average Bonchev–Trinajstić information content (AvgIpc) is 3.33. The van der Waals surface area contributed by atoms with Crippen LogP contribution in [0.2, 0.25) is 0 Å². The molecule has 0 spiro atoms. The number of carbonyl (C=O) groups excluding carboxylic acids is 1. The maximum Gasteiger partial charge on any atom is 0.257 e. The first-order chi connectivity index (χ1) is 16.3. The predicted molar refractivity (Wildman–Crippen MR) is 109 cm³/mol. The third kappa shape index (κ3) is 4.41. The molecule has 0 saturated carbocycles. The lowest BCUT2D eigenvalue weighted by Crippen LogP contribution is -2.67. The van der Waals surface area contributed by atoms with Gasteiger partial charge in [-0.2, -0.15) is 0 Å². The molecule has 1 aromatic carbocycles. The van der Waals surface area contributed by atoms with Crippen molar-refractivity contribution in [3.8, 4) is 11.3 Å². The van der Waals surface area contributed by atoms with E-state index in [1.807, 2.05) is 0 Å². The molecule has 186 valence electrons. The van der Waals surface area contributed by atoms with Gasteiger partial charge in [0, 0.05) is 19.3 Å². The minimum Gasteiger partial charge on any atom is -0.393 e. The number of ether oxygens (including phenoxy) is 3. The first kappa shape index (κ1) is 24.5. The Morgan fingerprint density at radius 2 is 2.03 bits per heavy atom. The fourth-order valence-electron chi connectivity index (χ4n) is 4.36. The summed E-state index contributed by atoms with van der Waals surface area (Å²) in [5, 5.41) is 31.0. The van der Waals surface area contributed by atoms with Crippen LogP contribution in [0.5, 0.6) is 0 Å². The maximum atomic E-state index is 13.7. The van der Waals surface area contributed by atoms with Crippen LogP contribution in [0.4, 0.5) is 13.2 Å². The highest BCUT2D eigenvalue weighted by molar-refractivity contribution is 5.87. The molecule has 2 aliphatic rings. The summed E-state index contributed by atoms with van der Waals surface area (Å²) in [6.45, 7) is -0.203.